The van der Waals surface area contributed by atoms with Crippen LogP contribution in [0.1, 0.15) is 5.56 Å². The average Bonchev–Trinajstić information content (AvgIpc) is 2.38. The molecule has 1 N–H and O–H groups in total. The van der Waals surface area contributed by atoms with E-state index in [1.54, 1.807) is 6.07 Å². The minimum absolute atomic E-state index is 0.00706. The smallest absolute Gasteiger partial charge is 0.262 e. The van der Waals surface area contributed by atoms with Gasteiger partial charge < -0.3 is 0 Å². The monoisotopic (exact) mass is 311 g/mol. The van der Waals surface area contributed by atoms with Crippen LogP contribution in [0.5, 0.6) is 0 Å². The molecule has 0 saturated carbocycles. The first kappa shape index (κ1) is 14.2. The molecule has 8 heteroatoms. The van der Waals surface area contributed by atoms with Gasteiger partial charge in [-0.25, -0.2) is 17.8 Å². The minimum Gasteiger partial charge on any atom is -0.278 e. The maximum atomic E-state index is 13.4. The van der Waals surface area contributed by atoms with Gasteiger partial charge in [-0.05, 0) is 24.3 Å². The van der Waals surface area contributed by atoms with E-state index in [-0.39, 0.29) is 21.3 Å². The van der Waals surface area contributed by atoms with Crippen LogP contribution < -0.4 is 4.72 Å². The molecule has 0 fully saturated rings. The first-order valence-corrected chi connectivity index (χ1v) is 7.13. The van der Waals surface area contributed by atoms with Gasteiger partial charge in [0.2, 0.25) is 0 Å². The van der Waals surface area contributed by atoms with Gasteiger partial charge in [0.05, 0.1) is 10.6 Å². The maximum Gasteiger partial charge on any atom is 0.262 e. The van der Waals surface area contributed by atoms with Gasteiger partial charge in [-0.2, -0.15) is 5.26 Å². The zero-order chi connectivity index (χ0) is 14.8. The number of pyridine rings is 1. The molecule has 2 rings (SSSR count). The Morgan fingerprint density at radius 2 is 2.10 bits per heavy atom. The van der Waals surface area contributed by atoms with E-state index in [9.17, 15) is 12.8 Å². The summed E-state index contributed by atoms with van der Waals surface area (Å²) in [5.74, 6) is -0.805. The van der Waals surface area contributed by atoms with E-state index in [2.05, 4.69) is 9.71 Å². The number of rotatable bonds is 3. The molecule has 2 aromatic rings. The highest BCUT2D eigenvalue weighted by Crippen LogP contribution is 2.22. The number of anilines is 1. The van der Waals surface area contributed by atoms with E-state index in [0.717, 1.165) is 12.1 Å². The number of hydrogen-bond donors (Lipinski definition) is 1. The molecule has 0 bridgehead atoms. The summed E-state index contributed by atoms with van der Waals surface area (Å²) >= 11 is 5.62. The van der Waals surface area contributed by atoms with Crippen LogP contribution in [0, 0.1) is 17.1 Å². The largest absolute Gasteiger partial charge is 0.278 e. The Bertz CT molecular complexity index is 803. The second-order valence-corrected chi connectivity index (χ2v) is 5.76. The summed E-state index contributed by atoms with van der Waals surface area (Å²) in [5.41, 5.74) is -0.517. The van der Waals surface area contributed by atoms with Crippen LogP contribution in [0.25, 0.3) is 0 Å². The van der Waals surface area contributed by atoms with Crippen molar-refractivity contribution < 1.29 is 12.8 Å². The molecule has 0 aliphatic heterocycles. The normalized spacial score (nSPS) is 10.8. The Morgan fingerprint density at radius 3 is 2.75 bits per heavy atom. The lowest BCUT2D eigenvalue weighted by atomic mass is 10.2. The molecule has 20 heavy (non-hydrogen) atoms. The average molecular weight is 312 g/mol. The summed E-state index contributed by atoms with van der Waals surface area (Å²) in [7, 11) is -3.98. The highest BCUT2D eigenvalue weighted by molar-refractivity contribution is 7.92. The fourth-order valence-corrected chi connectivity index (χ4v) is 2.80. The van der Waals surface area contributed by atoms with E-state index in [4.69, 9.17) is 16.9 Å². The highest BCUT2D eigenvalue weighted by Gasteiger charge is 2.18. The van der Waals surface area contributed by atoms with Crippen LogP contribution in [0.15, 0.2) is 41.4 Å². The van der Waals surface area contributed by atoms with Gasteiger partial charge in [0.1, 0.15) is 22.6 Å². The zero-order valence-electron chi connectivity index (χ0n) is 9.84. The second-order valence-electron chi connectivity index (χ2n) is 3.69. The number of nitrogens with zero attached hydrogens (tertiary/aromatic N) is 2. The standard InChI is InChI=1S/C12H7ClFN3O2S/c13-12-6-8(4-5-16-12)20(18,19)17-11-3-1-2-10(14)9(11)7-15/h1-6,17H. The molecular formula is C12H7ClFN3O2S. The second kappa shape index (κ2) is 5.45. The Morgan fingerprint density at radius 1 is 1.35 bits per heavy atom. The van der Waals surface area contributed by atoms with Crippen molar-refractivity contribution in [2.45, 2.75) is 4.90 Å². The third-order valence-electron chi connectivity index (χ3n) is 2.38. The van der Waals surface area contributed by atoms with Crippen molar-refractivity contribution >= 4 is 27.3 Å². The summed E-state index contributed by atoms with van der Waals surface area (Å²) in [6, 6.07) is 7.65. The summed E-state index contributed by atoms with van der Waals surface area (Å²) in [6.45, 7) is 0. The minimum atomic E-state index is -3.98. The lowest BCUT2D eigenvalue weighted by Crippen LogP contribution is -2.14. The first-order valence-electron chi connectivity index (χ1n) is 5.27. The van der Waals surface area contributed by atoms with Gasteiger partial charge in [-0.15, -0.1) is 0 Å². The Kier molecular flexibility index (Phi) is 3.88. The van der Waals surface area contributed by atoms with Gasteiger partial charge in [0, 0.05) is 6.20 Å². The molecule has 1 aromatic heterocycles. The summed E-state index contributed by atoms with van der Waals surface area (Å²) < 4.78 is 39.8. The molecule has 0 unspecified atom stereocenters. The van der Waals surface area contributed by atoms with E-state index in [0.29, 0.717) is 0 Å². The maximum absolute atomic E-state index is 13.4. The van der Waals surface area contributed by atoms with Crippen molar-refractivity contribution in [2.24, 2.45) is 0 Å². The van der Waals surface area contributed by atoms with Crippen molar-refractivity contribution in [2.75, 3.05) is 4.72 Å². The molecule has 0 aliphatic carbocycles. The van der Waals surface area contributed by atoms with Crippen molar-refractivity contribution in [3.05, 3.63) is 53.1 Å². The van der Waals surface area contributed by atoms with Gasteiger partial charge in [-0.3, -0.25) is 4.72 Å². The van der Waals surface area contributed by atoms with Crippen LogP contribution in [0.4, 0.5) is 10.1 Å². The van der Waals surface area contributed by atoms with Crippen molar-refractivity contribution in [1.29, 1.82) is 5.26 Å². The van der Waals surface area contributed by atoms with E-state index < -0.39 is 15.8 Å². The Labute approximate surface area is 119 Å². The van der Waals surface area contributed by atoms with Crippen LogP contribution in [-0.2, 0) is 10.0 Å². The summed E-state index contributed by atoms with van der Waals surface area (Å²) in [5, 5.41) is 8.86. The lowest BCUT2D eigenvalue weighted by Gasteiger charge is -2.09. The number of halogens is 2. The van der Waals surface area contributed by atoms with Crippen molar-refractivity contribution in [1.82, 2.24) is 4.98 Å². The molecule has 0 spiro atoms. The highest BCUT2D eigenvalue weighted by atomic mass is 35.5. The van der Waals surface area contributed by atoms with E-state index in [1.807, 2.05) is 0 Å². The van der Waals surface area contributed by atoms with Crippen molar-refractivity contribution in [3.63, 3.8) is 0 Å². The molecule has 0 saturated heterocycles. The lowest BCUT2D eigenvalue weighted by molar-refractivity contribution is 0.601. The van der Waals surface area contributed by atoms with E-state index >= 15 is 0 Å². The van der Waals surface area contributed by atoms with E-state index in [1.165, 1.54) is 24.4 Å². The third kappa shape index (κ3) is 2.87. The Hall–Kier alpha value is -2.17. The van der Waals surface area contributed by atoms with Gasteiger partial charge in [0.15, 0.2) is 0 Å². The zero-order valence-corrected chi connectivity index (χ0v) is 11.4. The van der Waals surface area contributed by atoms with Crippen LogP contribution >= 0.6 is 11.6 Å². The molecule has 0 aliphatic rings. The predicted molar refractivity (Wildman–Crippen MR) is 71.2 cm³/mol. The predicted octanol–water partition coefficient (Wildman–Crippen LogP) is 2.55. The fourth-order valence-electron chi connectivity index (χ4n) is 1.48. The SMILES string of the molecule is N#Cc1c(F)cccc1NS(=O)(=O)c1ccnc(Cl)c1. The third-order valence-corrected chi connectivity index (χ3v) is 3.95. The van der Waals surface area contributed by atoms with Crippen LogP contribution in [-0.4, -0.2) is 13.4 Å². The van der Waals surface area contributed by atoms with Crippen molar-refractivity contribution in [3.8, 4) is 6.07 Å². The fraction of sp³-hybridized carbons (Fsp3) is 0. The summed E-state index contributed by atoms with van der Waals surface area (Å²) in [4.78, 5) is 3.54. The number of nitriles is 1. The quantitative estimate of drug-likeness (QED) is 0.883. The van der Waals surface area contributed by atoms with Crippen LogP contribution in [0.3, 0.4) is 0 Å². The molecule has 1 aromatic carbocycles. The summed E-state index contributed by atoms with van der Waals surface area (Å²) in [6.07, 6.45) is 1.23. The number of benzene rings is 1. The first-order chi connectivity index (χ1) is 9.44. The topological polar surface area (TPSA) is 82.9 Å². The molecule has 102 valence electrons. The molecule has 0 radical (unpaired) electrons. The molecule has 5 nitrogen and oxygen atoms in total. The number of hydrogen-bond acceptors (Lipinski definition) is 4. The van der Waals surface area contributed by atoms with Gasteiger partial charge in [-0.1, -0.05) is 17.7 Å². The molecule has 0 atom stereocenters. The number of nitrogens with one attached hydrogen (secondary N) is 1. The molecule has 0 amide bonds. The Balaban J connectivity index is 2.45. The van der Waals surface area contributed by atoms with Gasteiger partial charge >= 0.3 is 0 Å². The number of sulfonamides is 1. The molecule has 1 heterocycles. The van der Waals surface area contributed by atoms with Crippen LogP contribution in [0.2, 0.25) is 5.15 Å². The van der Waals surface area contributed by atoms with Gasteiger partial charge in [0.25, 0.3) is 10.0 Å². The number of aromatic nitrogens is 1. The molecular weight excluding hydrogens is 305 g/mol.